The molecule has 0 radical (unpaired) electrons. The average Bonchev–Trinajstić information content (AvgIpc) is 3.33. The summed E-state index contributed by atoms with van der Waals surface area (Å²) in [5.74, 6) is 2.08. The maximum atomic E-state index is 12.3. The summed E-state index contributed by atoms with van der Waals surface area (Å²) in [4.78, 5) is 27.4. The summed E-state index contributed by atoms with van der Waals surface area (Å²) in [5, 5.41) is 8.80. The van der Waals surface area contributed by atoms with Gasteiger partial charge in [0.1, 0.15) is 0 Å². The molecule has 1 atom stereocenters. The topological polar surface area (TPSA) is 110 Å². The van der Waals surface area contributed by atoms with Crippen LogP contribution in [-0.2, 0) is 16.0 Å². The van der Waals surface area contributed by atoms with Crippen molar-refractivity contribution >= 4 is 28.7 Å². The molecule has 1 fully saturated rings. The summed E-state index contributed by atoms with van der Waals surface area (Å²) >= 11 is 1.13. The highest BCUT2D eigenvalue weighted by atomic mass is 32.2. The number of thioether (sulfide) groups is 1. The fourth-order valence-corrected chi connectivity index (χ4v) is 4.36. The number of hydrogen-bond donors (Lipinski definition) is 1. The Bertz CT molecular complexity index is 983. The fourth-order valence-electron chi connectivity index (χ4n) is 3.72. The molecular formula is C23H34N5O6S+. The van der Waals surface area contributed by atoms with Gasteiger partial charge in [0.15, 0.2) is 16.6 Å². The third-order valence-electron chi connectivity index (χ3n) is 5.77. The van der Waals surface area contributed by atoms with Gasteiger partial charge in [0.2, 0.25) is 16.9 Å². The smallest absolute Gasteiger partial charge is 0.305 e. The van der Waals surface area contributed by atoms with E-state index in [0.29, 0.717) is 23.0 Å². The van der Waals surface area contributed by atoms with E-state index in [4.69, 9.17) is 18.7 Å². The van der Waals surface area contributed by atoms with Crippen LogP contribution in [0.2, 0.25) is 0 Å². The maximum Gasteiger partial charge on any atom is 0.305 e. The van der Waals surface area contributed by atoms with Crippen LogP contribution < -0.4 is 29.3 Å². The first-order chi connectivity index (χ1) is 16.8. The largest absolute Gasteiger partial charge is 0.493 e. The second kappa shape index (κ2) is 12.6. The molecule has 1 N–H and O–H groups in total. The van der Waals surface area contributed by atoms with Gasteiger partial charge < -0.3 is 14.2 Å². The van der Waals surface area contributed by atoms with Gasteiger partial charge in [-0.15, -0.1) is 0 Å². The van der Waals surface area contributed by atoms with Crippen molar-refractivity contribution in [1.82, 2.24) is 10.2 Å². The highest BCUT2D eigenvalue weighted by molar-refractivity contribution is 8.13. The van der Waals surface area contributed by atoms with Crippen molar-refractivity contribution < 1.29 is 33.1 Å². The van der Waals surface area contributed by atoms with Gasteiger partial charge in [-0.05, 0) is 24.1 Å². The van der Waals surface area contributed by atoms with E-state index in [1.165, 1.54) is 6.92 Å². The van der Waals surface area contributed by atoms with Crippen LogP contribution in [0.5, 0.6) is 17.2 Å². The van der Waals surface area contributed by atoms with E-state index >= 15 is 0 Å². The minimum Gasteiger partial charge on any atom is -0.493 e. The van der Waals surface area contributed by atoms with Crippen molar-refractivity contribution in [1.29, 1.82) is 0 Å². The number of amides is 1. The number of nitrogens with one attached hydrogen (secondary N) is 1. The predicted molar refractivity (Wildman–Crippen MR) is 132 cm³/mol. The van der Waals surface area contributed by atoms with Crippen LogP contribution in [0.3, 0.4) is 0 Å². The average molecular weight is 509 g/mol. The molecule has 0 saturated carbocycles. The lowest BCUT2D eigenvalue weighted by molar-refractivity contribution is -0.759. The van der Waals surface area contributed by atoms with E-state index < -0.39 is 0 Å². The Kier molecular flexibility index (Phi) is 9.61. The van der Waals surface area contributed by atoms with Crippen molar-refractivity contribution in [3.05, 3.63) is 23.9 Å². The Labute approximate surface area is 209 Å². The van der Waals surface area contributed by atoms with Crippen LogP contribution in [-0.4, -0.2) is 81.0 Å². The molecule has 1 aromatic carbocycles. The molecule has 1 amide bonds. The number of piperazine rings is 1. The Balaban J connectivity index is 1.48. The van der Waals surface area contributed by atoms with Crippen molar-refractivity contribution in [3.8, 4) is 17.2 Å². The van der Waals surface area contributed by atoms with E-state index in [1.54, 1.807) is 39.2 Å². The molecule has 0 unspecified atom stereocenters. The quantitative estimate of drug-likeness (QED) is 0.447. The minimum atomic E-state index is -0.323. The Morgan fingerprint density at radius 2 is 1.80 bits per heavy atom. The first-order valence-corrected chi connectivity index (χ1v) is 12.4. The van der Waals surface area contributed by atoms with Gasteiger partial charge in [0.25, 0.3) is 6.20 Å². The van der Waals surface area contributed by atoms with Gasteiger partial charge in [-0.3, -0.25) is 24.3 Å². The maximum absolute atomic E-state index is 12.3. The molecule has 12 heteroatoms. The number of carbonyl (C=O) groups is 2. The zero-order valence-electron chi connectivity index (χ0n) is 20.9. The monoisotopic (exact) mass is 508 g/mol. The molecule has 35 heavy (non-hydrogen) atoms. The van der Waals surface area contributed by atoms with E-state index in [0.717, 1.165) is 56.5 Å². The molecule has 1 saturated heterocycles. The van der Waals surface area contributed by atoms with Crippen molar-refractivity contribution in [2.24, 2.45) is 5.92 Å². The predicted octanol–water partition coefficient (Wildman–Crippen LogP) is 1.34. The van der Waals surface area contributed by atoms with Crippen molar-refractivity contribution in [2.45, 2.75) is 20.3 Å². The van der Waals surface area contributed by atoms with Gasteiger partial charge in [-0.25, -0.2) is 0 Å². The number of aromatic nitrogens is 2. The number of ether oxygens (including phenoxy) is 3. The number of benzene rings is 1. The van der Waals surface area contributed by atoms with Gasteiger partial charge in [-0.2, -0.15) is 5.01 Å². The Hall–Kier alpha value is -2.99. The Morgan fingerprint density at radius 1 is 1.14 bits per heavy atom. The van der Waals surface area contributed by atoms with E-state index in [1.807, 2.05) is 12.1 Å². The SMILES string of the molecule is COc1cc(CCN2CCN([n+]3cc(NC(=O)[C@H](C)CSC(C)=O)on3)CC2)cc(OC)c1OC. The normalized spacial score (nSPS) is 14.9. The summed E-state index contributed by atoms with van der Waals surface area (Å²) < 4.78 is 21.6. The van der Waals surface area contributed by atoms with Crippen LogP contribution in [0.1, 0.15) is 19.4 Å². The second-order valence-electron chi connectivity index (χ2n) is 8.26. The number of methoxy groups -OCH3 is 3. The highest BCUT2D eigenvalue weighted by Crippen LogP contribution is 2.38. The van der Waals surface area contributed by atoms with Crippen LogP contribution in [0.25, 0.3) is 0 Å². The molecule has 2 aromatic rings. The summed E-state index contributed by atoms with van der Waals surface area (Å²) in [7, 11) is 4.83. The van der Waals surface area contributed by atoms with Gasteiger partial charge >= 0.3 is 5.88 Å². The lowest BCUT2D eigenvalue weighted by atomic mass is 10.1. The molecule has 1 aromatic heterocycles. The summed E-state index contributed by atoms with van der Waals surface area (Å²) in [6, 6.07) is 3.97. The van der Waals surface area contributed by atoms with Gasteiger partial charge in [0, 0.05) is 38.2 Å². The first-order valence-electron chi connectivity index (χ1n) is 11.4. The lowest BCUT2D eigenvalue weighted by Crippen LogP contribution is -2.65. The van der Waals surface area contributed by atoms with Crippen molar-refractivity contribution in [3.63, 3.8) is 0 Å². The summed E-state index contributed by atoms with van der Waals surface area (Å²) in [5.41, 5.74) is 1.11. The lowest BCUT2D eigenvalue weighted by Gasteiger charge is -2.30. The Morgan fingerprint density at radius 3 is 2.37 bits per heavy atom. The van der Waals surface area contributed by atoms with Crippen LogP contribution in [0.4, 0.5) is 5.88 Å². The molecule has 192 valence electrons. The molecule has 1 aliphatic heterocycles. The van der Waals surface area contributed by atoms with E-state index in [-0.39, 0.29) is 22.8 Å². The second-order valence-corrected chi connectivity index (χ2v) is 9.46. The number of hydrogen-bond acceptors (Lipinski definition) is 10. The molecule has 1 aliphatic rings. The number of nitrogens with zero attached hydrogens (tertiary/aromatic N) is 4. The van der Waals surface area contributed by atoms with Crippen LogP contribution in [0.15, 0.2) is 22.9 Å². The van der Waals surface area contributed by atoms with Crippen LogP contribution >= 0.6 is 11.8 Å². The third-order valence-corrected chi connectivity index (χ3v) is 6.84. The zero-order valence-corrected chi connectivity index (χ0v) is 21.7. The standard InChI is InChI=1S/C23H33N5O6S/c1-16(15-35-17(2)29)23(30)24-21-14-28(25-34-21)27-10-8-26(9-11-27)7-6-18-12-19(31-3)22(33-5)20(13-18)32-4/h12-14,16H,6-11,15H2,1-5H3/p+1/t16-/m1/s1. The molecular weight excluding hydrogens is 474 g/mol. The molecule has 2 heterocycles. The number of rotatable bonds is 11. The third kappa shape index (κ3) is 7.25. The molecule has 11 nitrogen and oxygen atoms in total. The summed E-state index contributed by atoms with van der Waals surface area (Å²) in [6.07, 6.45) is 2.51. The van der Waals surface area contributed by atoms with Crippen LogP contribution in [0, 0.1) is 5.92 Å². The van der Waals surface area contributed by atoms with Crippen molar-refractivity contribution in [2.75, 3.05) is 70.1 Å². The van der Waals surface area contributed by atoms with E-state index in [2.05, 4.69) is 20.5 Å². The number of anilines is 1. The number of carbonyl (C=O) groups excluding carboxylic acids is 2. The molecule has 0 spiro atoms. The van der Waals surface area contributed by atoms with E-state index in [9.17, 15) is 9.59 Å². The molecule has 3 rings (SSSR count). The summed E-state index contributed by atoms with van der Waals surface area (Å²) in [6.45, 7) is 7.43. The molecule has 0 aliphatic carbocycles. The molecule has 0 bridgehead atoms. The van der Waals surface area contributed by atoms with Gasteiger partial charge in [-0.1, -0.05) is 18.7 Å². The minimum absolute atomic E-state index is 0.00949. The van der Waals surface area contributed by atoms with Gasteiger partial charge in [0.05, 0.1) is 39.2 Å². The zero-order chi connectivity index (χ0) is 25.4. The fraction of sp³-hybridized carbons (Fsp3) is 0.565. The highest BCUT2D eigenvalue weighted by Gasteiger charge is 2.27. The first kappa shape index (κ1) is 26.6.